The van der Waals surface area contributed by atoms with Crippen LogP contribution in [0.25, 0.3) is 0 Å². The van der Waals surface area contributed by atoms with Crippen molar-refractivity contribution in [2.75, 3.05) is 5.75 Å². The van der Waals surface area contributed by atoms with E-state index in [0.29, 0.717) is 30.4 Å². The lowest BCUT2D eigenvalue weighted by Gasteiger charge is -2.18. The maximum absolute atomic E-state index is 14.4. The third-order valence-corrected chi connectivity index (χ3v) is 18.4. The summed E-state index contributed by atoms with van der Waals surface area (Å²) in [6, 6.07) is 8.99. The van der Waals surface area contributed by atoms with Crippen LogP contribution in [0.4, 0.5) is 0 Å². The van der Waals surface area contributed by atoms with Crippen LogP contribution in [0.1, 0.15) is 138 Å². The molecule has 4 aromatic carbocycles. The number of sulfone groups is 4. The molecule has 0 saturated heterocycles. The Morgan fingerprint density at radius 1 is 0.349 bits per heavy atom. The molecule has 4 N–H and O–H groups in total. The maximum Gasteiger partial charge on any atom is 0.214 e. The van der Waals surface area contributed by atoms with Gasteiger partial charge in [0.1, 0.15) is 40.0 Å². The molecule has 4 aromatic rings. The highest BCUT2D eigenvalue weighted by molar-refractivity contribution is 7.93. The fourth-order valence-corrected chi connectivity index (χ4v) is 14.5. The second kappa shape index (κ2) is 21.7. The lowest BCUT2D eigenvalue weighted by atomic mass is 10.0. The summed E-state index contributed by atoms with van der Waals surface area (Å²) in [7, 11) is -19.2. The Hall–Kier alpha value is -4.12. The number of hydrogen-bond acceptors (Lipinski definition) is 12. The molecule has 0 amide bonds. The van der Waals surface area contributed by atoms with Crippen LogP contribution in [0.3, 0.4) is 0 Å². The molecule has 0 unspecified atom stereocenters. The van der Waals surface area contributed by atoms with Crippen molar-refractivity contribution in [3.05, 3.63) is 76.3 Å². The van der Waals surface area contributed by atoms with Gasteiger partial charge in [0.2, 0.25) is 29.5 Å². The third kappa shape index (κ3) is 12.2. The van der Waals surface area contributed by atoms with Crippen LogP contribution in [0, 0.1) is 27.7 Å². The minimum Gasteiger partial charge on any atom is -0.506 e. The van der Waals surface area contributed by atoms with Gasteiger partial charge < -0.3 is 20.4 Å². The van der Waals surface area contributed by atoms with E-state index < -0.39 is 96.6 Å². The lowest BCUT2D eigenvalue weighted by Crippen LogP contribution is -2.12. The van der Waals surface area contributed by atoms with Gasteiger partial charge in [0.05, 0.1) is 5.75 Å². The summed E-state index contributed by atoms with van der Waals surface area (Å²) in [5.41, 5.74) is 1.11. The highest BCUT2D eigenvalue weighted by atomic mass is 32.2. The third-order valence-electron chi connectivity index (χ3n) is 11.2. The molecule has 0 aliphatic heterocycles. The molecule has 63 heavy (non-hydrogen) atoms. The topological polar surface area (TPSA) is 217 Å². The quantitative estimate of drug-likeness (QED) is 0.0483. The molecule has 0 aliphatic carbocycles. The van der Waals surface area contributed by atoms with Gasteiger partial charge in [0.25, 0.3) is 0 Å². The fraction of sp³-hybridized carbons (Fsp3) is 0.489. The zero-order valence-corrected chi connectivity index (χ0v) is 40.6. The smallest absolute Gasteiger partial charge is 0.214 e. The molecule has 0 aliphatic rings. The Bertz CT molecular complexity index is 2720. The van der Waals surface area contributed by atoms with E-state index in [1.807, 2.05) is 0 Å². The van der Waals surface area contributed by atoms with Crippen molar-refractivity contribution in [1.82, 2.24) is 0 Å². The fourth-order valence-electron chi connectivity index (χ4n) is 7.78. The summed E-state index contributed by atoms with van der Waals surface area (Å²) in [6.45, 7) is 10.0. The van der Waals surface area contributed by atoms with E-state index in [9.17, 15) is 54.1 Å². The minimum atomic E-state index is -5.15. The molecule has 0 spiro atoms. The average Bonchev–Trinajstić information content (AvgIpc) is 3.21. The van der Waals surface area contributed by atoms with E-state index in [2.05, 4.69) is 13.8 Å². The molecule has 0 atom stereocenters. The van der Waals surface area contributed by atoms with Crippen LogP contribution >= 0.6 is 0 Å². The summed E-state index contributed by atoms with van der Waals surface area (Å²) in [5, 5.41) is 45.7. The number of hydrogen-bond donors (Lipinski definition) is 4. The molecule has 0 fully saturated rings. The molecular formula is C47H64O12S4. The SMILES string of the molecule is CCCCCCCCCCCc1cc(C)cc(S(=O)(=O)c2cc(C)cc(S(=O)(=O)c3cc(C)cc(S(=O)(=O)c4cc(C)cc(S(=O)(=O)CCCCCCCC)c4O)c3O)c2O)c1O. The Kier molecular flexibility index (Phi) is 17.7. The maximum atomic E-state index is 14.4. The normalized spacial score (nSPS) is 12.5. The number of phenolic OH excluding ortho intramolecular Hbond substituents is 4. The second-order valence-corrected chi connectivity index (χ2v) is 24.5. The predicted molar refractivity (Wildman–Crippen MR) is 244 cm³/mol. The summed E-state index contributed by atoms with van der Waals surface area (Å²) in [4.78, 5) is -5.82. The van der Waals surface area contributed by atoms with Crippen LogP contribution in [0.5, 0.6) is 23.0 Å². The summed E-state index contributed by atoms with van der Waals surface area (Å²) < 4.78 is 113. The molecule has 348 valence electrons. The first-order chi connectivity index (χ1) is 29.5. The van der Waals surface area contributed by atoms with Crippen molar-refractivity contribution in [1.29, 1.82) is 0 Å². The van der Waals surface area contributed by atoms with Crippen LogP contribution in [-0.4, -0.2) is 59.9 Å². The van der Waals surface area contributed by atoms with Gasteiger partial charge >= 0.3 is 0 Å². The van der Waals surface area contributed by atoms with E-state index >= 15 is 0 Å². The summed E-state index contributed by atoms with van der Waals surface area (Å²) in [5.74, 6) is -4.48. The Morgan fingerprint density at radius 2 is 0.619 bits per heavy atom. The van der Waals surface area contributed by atoms with Crippen molar-refractivity contribution in [3.8, 4) is 23.0 Å². The molecule has 12 nitrogen and oxygen atoms in total. The Balaban J connectivity index is 1.73. The standard InChI is InChI=1S/C47H64O12S4/c1-7-9-11-13-15-16-17-18-20-22-36-24-32(3)26-38(44(36)48)61(54,55)40-28-34(5)30-42(46(40)50)63(58,59)43-31-35(6)29-41(47(43)51)62(56,57)39-27-33(4)25-37(45(39)49)60(52,53)23-21-19-14-12-10-8-2/h24-31,48-51H,7-23H2,1-6H3. The molecule has 4 rings (SSSR count). The molecular weight excluding hydrogens is 885 g/mol. The lowest BCUT2D eigenvalue weighted by molar-refractivity contribution is 0.434. The monoisotopic (exact) mass is 948 g/mol. The van der Waals surface area contributed by atoms with E-state index in [0.717, 1.165) is 87.8 Å². The first-order valence-electron chi connectivity index (χ1n) is 21.8. The summed E-state index contributed by atoms with van der Waals surface area (Å²) in [6.07, 6.45) is 14.7. The van der Waals surface area contributed by atoms with Gasteiger partial charge in [-0.05, 0) is 117 Å². The first-order valence-corrected chi connectivity index (χ1v) is 27.9. The zero-order valence-electron chi connectivity index (χ0n) is 37.3. The number of benzene rings is 4. The second-order valence-electron chi connectivity index (χ2n) is 16.8. The highest BCUT2D eigenvalue weighted by Crippen LogP contribution is 2.45. The van der Waals surface area contributed by atoms with Crippen LogP contribution in [0.2, 0.25) is 0 Å². The molecule has 16 heteroatoms. The summed E-state index contributed by atoms with van der Waals surface area (Å²) >= 11 is 0. The largest absolute Gasteiger partial charge is 0.506 e. The predicted octanol–water partition coefficient (Wildman–Crippen LogP) is 10.4. The molecule has 0 aromatic heterocycles. The zero-order chi connectivity index (χ0) is 46.9. The Morgan fingerprint density at radius 3 is 0.984 bits per heavy atom. The molecule has 0 bridgehead atoms. The molecule has 0 radical (unpaired) electrons. The van der Waals surface area contributed by atoms with Crippen molar-refractivity contribution in [2.45, 2.75) is 179 Å². The van der Waals surface area contributed by atoms with E-state index in [4.69, 9.17) is 0 Å². The molecule has 0 heterocycles. The van der Waals surface area contributed by atoms with Gasteiger partial charge in [-0.2, -0.15) is 0 Å². The van der Waals surface area contributed by atoms with Crippen LogP contribution < -0.4 is 0 Å². The van der Waals surface area contributed by atoms with Gasteiger partial charge in [-0.15, -0.1) is 0 Å². The van der Waals surface area contributed by atoms with Gasteiger partial charge in [-0.3, -0.25) is 0 Å². The van der Waals surface area contributed by atoms with Crippen LogP contribution in [0.15, 0.2) is 82.8 Å². The van der Waals surface area contributed by atoms with Gasteiger partial charge in [-0.1, -0.05) is 103 Å². The van der Waals surface area contributed by atoms with Crippen molar-refractivity contribution in [2.24, 2.45) is 0 Å². The number of aryl methyl sites for hydroxylation is 5. The number of phenols is 4. The molecule has 0 saturated carbocycles. The van der Waals surface area contributed by atoms with Gasteiger partial charge in [0, 0.05) is 0 Å². The van der Waals surface area contributed by atoms with Crippen LogP contribution in [-0.2, 0) is 45.8 Å². The first kappa shape index (κ1) is 51.5. The van der Waals surface area contributed by atoms with E-state index in [1.54, 1.807) is 13.0 Å². The highest BCUT2D eigenvalue weighted by Gasteiger charge is 2.37. The average molecular weight is 949 g/mol. The van der Waals surface area contributed by atoms with E-state index in [-0.39, 0.29) is 28.9 Å². The number of rotatable bonds is 24. The Labute approximate surface area is 375 Å². The van der Waals surface area contributed by atoms with Crippen molar-refractivity contribution >= 4 is 39.3 Å². The van der Waals surface area contributed by atoms with Gasteiger partial charge in [-0.25, -0.2) is 33.7 Å². The number of aromatic hydroxyl groups is 4. The van der Waals surface area contributed by atoms with Crippen molar-refractivity contribution < 1.29 is 54.1 Å². The van der Waals surface area contributed by atoms with E-state index in [1.165, 1.54) is 52.5 Å². The van der Waals surface area contributed by atoms with Crippen molar-refractivity contribution in [3.63, 3.8) is 0 Å². The van der Waals surface area contributed by atoms with Gasteiger partial charge in [0.15, 0.2) is 27.1 Å². The minimum absolute atomic E-state index is 0.00261. The number of unbranched alkanes of at least 4 members (excludes halogenated alkanes) is 13.